The Hall–Kier alpha value is -2.25. The number of hydrogen-bond donors (Lipinski definition) is 1. The van der Waals surface area contributed by atoms with Gasteiger partial charge in [0.1, 0.15) is 17.6 Å². The highest BCUT2D eigenvalue weighted by Gasteiger charge is 2.38. The summed E-state index contributed by atoms with van der Waals surface area (Å²) in [4.78, 5) is 0. The molecular formula is C20H24F3NO3. The highest BCUT2D eigenvalue weighted by Crippen LogP contribution is 2.35. The second kappa shape index (κ2) is 8.63. The molecule has 0 saturated heterocycles. The van der Waals surface area contributed by atoms with E-state index in [0.29, 0.717) is 12.4 Å². The zero-order valence-corrected chi connectivity index (χ0v) is 15.5. The Bertz CT molecular complexity index is 713. The quantitative estimate of drug-likeness (QED) is 0.735. The van der Waals surface area contributed by atoms with Gasteiger partial charge in [-0.2, -0.15) is 13.2 Å². The van der Waals surface area contributed by atoms with E-state index in [1.807, 2.05) is 19.1 Å². The molecule has 2 unspecified atom stereocenters. The summed E-state index contributed by atoms with van der Waals surface area (Å²) in [6.45, 7) is 4.39. The van der Waals surface area contributed by atoms with Gasteiger partial charge in [-0.15, -0.1) is 0 Å². The lowest BCUT2D eigenvalue weighted by Gasteiger charge is -2.37. The average molecular weight is 383 g/mol. The molecule has 4 nitrogen and oxygen atoms in total. The van der Waals surface area contributed by atoms with Gasteiger partial charge < -0.3 is 19.9 Å². The number of alkyl halides is 3. The number of benzene rings is 2. The molecule has 2 aromatic rings. The van der Waals surface area contributed by atoms with Crippen LogP contribution in [-0.2, 0) is 16.5 Å². The first kappa shape index (κ1) is 21.1. The summed E-state index contributed by atoms with van der Waals surface area (Å²) in [5.41, 5.74) is 4.87. The third kappa shape index (κ3) is 4.93. The van der Waals surface area contributed by atoms with Crippen LogP contribution in [0.1, 0.15) is 25.0 Å². The summed E-state index contributed by atoms with van der Waals surface area (Å²) in [5, 5.41) is 0. The highest BCUT2D eigenvalue weighted by molar-refractivity contribution is 5.35. The number of hydrogen-bond acceptors (Lipinski definition) is 4. The third-order valence-electron chi connectivity index (χ3n) is 4.36. The van der Waals surface area contributed by atoms with E-state index >= 15 is 0 Å². The van der Waals surface area contributed by atoms with Crippen LogP contribution in [0.4, 0.5) is 13.2 Å². The lowest BCUT2D eigenvalue weighted by atomic mass is 9.89. The molecule has 148 valence electrons. The normalized spacial score (nSPS) is 15.1. The fourth-order valence-corrected chi connectivity index (χ4v) is 2.86. The van der Waals surface area contributed by atoms with Crippen LogP contribution in [0.15, 0.2) is 48.5 Å². The Morgan fingerprint density at radius 1 is 0.926 bits per heavy atom. The highest BCUT2D eigenvalue weighted by atomic mass is 19.4. The fourth-order valence-electron chi connectivity index (χ4n) is 2.86. The second-order valence-corrected chi connectivity index (χ2v) is 6.15. The summed E-state index contributed by atoms with van der Waals surface area (Å²) in [7, 11) is 1.51. The van der Waals surface area contributed by atoms with Gasteiger partial charge in [0.05, 0.1) is 12.2 Å². The minimum Gasteiger partial charge on any atom is -0.494 e. The molecule has 7 heteroatoms. The van der Waals surface area contributed by atoms with Gasteiger partial charge in [0.2, 0.25) is 0 Å². The van der Waals surface area contributed by atoms with Gasteiger partial charge in [-0.1, -0.05) is 12.1 Å². The topological polar surface area (TPSA) is 53.7 Å². The van der Waals surface area contributed by atoms with Crippen molar-refractivity contribution in [3.05, 3.63) is 59.7 Å². The second-order valence-electron chi connectivity index (χ2n) is 6.15. The number of methoxy groups -OCH3 is 1. The smallest absolute Gasteiger partial charge is 0.416 e. The Morgan fingerprint density at radius 3 is 1.89 bits per heavy atom. The van der Waals surface area contributed by atoms with Crippen LogP contribution in [0.5, 0.6) is 11.5 Å². The Labute approximate surface area is 157 Å². The van der Waals surface area contributed by atoms with Gasteiger partial charge in [0, 0.05) is 13.7 Å². The lowest BCUT2D eigenvalue weighted by Crippen LogP contribution is -2.47. The van der Waals surface area contributed by atoms with Crippen molar-refractivity contribution in [3.63, 3.8) is 0 Å². The van der Waals surface area contributed by atoms with E-state index in [4.69, 9.17) is 19.9 Å². The largest absolute Gasteiger partial charge is 0.494 e. The maximum absolute atomic E-state index is 12.8. The number of halogens is 3. The predicted molar refractivity (Wildman–Crippen MR) is 96.9 cm³/mol. The van der Waals surface area contributed by atoms with Crippen LogP contribution in [-0.4, -0.2) is 26.4 Å². The summed E-state index contributed by atoms with van der Waals surface area (Å²) in [6.07, 6.45) is -4.92. The molecule has 0 saturated carbocycles. The molecule has 2 rings (SSSR count). The van der Waals surface area contributed by atoms with Gasteiger partial charge in [0.15, 0.2) is 5.60 Å². The molecular weight excluding hydrogens is 359 g/mol. The first-order valence-electron chi connectivity index (χ1n) is 8.57. The van der Waals surface area contributed by atoms with E-state index in [2.05, 4.69) is 0 Å². The molecule has 0 aromatic heterocycles. The zero-order chi connectivity index (χ0) is 20.1. The molecule has 0 amide bonds. The van der Waals surface area contributed by atoms with Gasteiger partial charge in [-0.3, -0.25) is 0 Å². The molecule has 0 fully saturated rings. The molecule has 0 spiro atoms. The summed E-state index contributed by atoms with van der Waals surface area (Å²) < 4.78 is 55.3. The monoisotopic (exact) mass is 383 g/mol. The van der Waals surface area contributed by atoms with Gasteiger partial charge in [-0.05, 0) is 55.8 Å². The van der Waals surface area contributed by atoms with E-state index in [1.54, 1.807) is 19.1 Å². The molecule has 0 bridgehead atoms. The van der Waals surface area contributed by atoms with Crippen molar-refractivity contribution in [1.29, 1.82) is 0 Å². The summed E-state index contributed by atoms with van der Waals surface area (Å²) in [6, 6.07) is 11.8. The fraction of sp³-hybridized carbons (Fsp3) is 0.400. The third-order valence-corrected chi connectivity index (χ3v) is 4.36. The molecule has 0 heterocycles. The molecule has 27 heavy (non-hydrogen) atoms. The molecule has 2 aromatic carbocycles. The van der Waals surface area contributed by atoms with Crippen molar-refractivity contribution in [2.75, 3.05) is 20.3 Å². The zero-order valence-electron chi connectivity index (χ0n) is 15.5. The summed E-state index contributed by atoms with van der Waals surface area (Å²) in [5.74, 6) is 0.995. The maximum Gasteiger partial charge on any atom is 0.416 e. The molecule has 0 aliphatic rings. The molecule has 0 aliphatic heterocycles. The van der Waals surface area contributed by atoms with Crippen molar-refractivity contribution in [2.24, 2.45) is 5.73 Å². The minimum absolute atomic E-state index is 0.168. The van der Waals surface area contributed by atoms with Crippen LogP contribution < -0.4 is 15.2 Å². The van der Waals surface area contributed by atoms with Crippen LogP contribution in [0.3, 0.4) is 0 Å². The predicted octanol–water partition coefficient (Wildman–Crippen LogP) is 4.37. The van der Waals surface area contributed by atoms with E-state index in [1.165, 1.54) is 19.2 Å². The lowest BCUT2D eigenvalue weighted by molar-refractivity contribution is -0.137. The molecule has 0 aliphatic carbocycles. The van der Waals surface area contributed by atoms with Crippen LogP contribution >= 0.6 is 0 Å². The maximum atomic E-state index is 12.8. The van der Waals surface area contributed by atoms with Crippen LogP contribution in [0, 0.1) is 0 Å². The van der Waals surface area contributed by atoms with E-state index < -0.39 is 23.4 Å². The Morgan fingerprint density at radius 2 is 1.44 bits per heavy atom. The van der Waals surface area contributed by atoms with Crippen molar-refractivity contribution < 1.29 is 27.4 Å². The van der Waals surface area contributed by atoms with Gasteiger partial charge in [-0.25, -0.2) is 0 Å². The van der Waals surface area contributed by atoms with E-state index in [9.17, 15) is 13.2 Å². The van der Waals surface area contributed by atoms with Crippen LogP contribution in [0.25, 0.3) is 0 Å². The number of nitrogens with two attached hydrogens (primary N) is 1. The summed E-state index contributed by atoms with van der Waals surface area (Å²) >= 11 is 0. The molecule has 0 radical (unpaired) electrons. The van der Waals surface area contributed by atoms with Crippen molar-refractivity contribution in [2.45, 2.75) is 31.7 Å². The molecule has 2 atom stereocenters. The SMILES string of the molecule is CCOc1ccc(C(C)(Oc2ccc(C(F)(F)F)cc2)C(CN)OC)cc1. The Kier molecular flexibility index (Phi) is 6.73. The number of rotatable bonds is 8. The van der Waals surface area contributed by atoms with E-state index in [-0.39, 0.29) is 12.3 Å². The first-order valence-corrected chi connectivity index (χ1v) is 8.57. The van der Waals surface area contributed by atoms with Crippen LogP contribution in [0.2, 0.25) is 0 Å². The van der Waals surface area contributed by atoms with Gasteiger partial charge in [0.25, 0.3) is 0 Å². The standard InChI is InChI=1S/C20H24F3NO3/c1-4-26-16-9-5-14(6-10-16)19(2,18(13-24)25-3)27-17-11-7-15(8-12-17)20(21,22)23/h5-12,18H,4,13,24H2,1-3H3. The van der Waals surface area contributed by atoms with Crippen molar-refractivity contribution >= 4 is 0 Å². The Balaban J connectivity index is 2.36. The van der Waals surface area contributed by atoms with Crippen molar-refractivity contribution in [3.8, 4) is 11.5 Å². The minimum atomic E-state index is -4.40. The number of ether oxygens (including phenoxy) is 3. The first-order chi connectivity index (χ1) is 12.7. The molecule has 2 N–H and O–H groups in total. The average Bonchev–Trinajstić information content (AvgIpc) is 2.63. The van der Waals surface area contributed by atoms with Crippen molar-refractivity contribution in [1.82, 2.24) is 0 Å². The van der Waals surface area contributed by atoms with E-state index in [0.717, 1.165) is 17.7 Å². The van der Waals surface area contributed by atoms with Gasteiger partial charge >= 0.3 is 6.18 Å².